The SMILES string of the molecule is CC(C)Cc1nc2cnc(-c3ncc[nH]3)cc2n1[C@@H]1CCC[C@H](NC(=O)c2ncc(Cl)s2)C1. The van der Waals surface area contributed by atoms with E-state index in [0.29, 0.717) is 15.3 Å². The van der Waals surface area contributed by atoms with Gasteiger partial charge in [-0.15, -0.1) is 0 Å². The smallest absolute Gasteiger partial charge is 0.280 e. The minimum atomic E-state index is -0.153. The molecular formula is C23H26ClN7OS. The van der Waals surface area contributed by atoms with Gasteiger partial charge >= 0.3 is 0 Å². The van der Waals surface area contributed by atoms with Crippen LogP contribution in [-0.2, 0) is 6.42 Å². The lowest BCUT2D eigenvalue weighted by Gasteiger charge is -2.32. The number of rotatable bonds is 6. The molecular weight excluding hydrogens is 458 g/mol. The lowest BCUT2D eigenvalue weighted by Crippen LogP contribution is -2.39. The summed E-state index contributed by atoms with van der Waals surface area (Å²) in [5.74, 6) is 2.14. The van der Waals surface area contributed by atoms with Crippen molar-refractivity contribution < 1.29 is 4.79 Å². The van der Waals surface area contributed by atoms with Crippen molar-refractivity contribution in [1.29, 1.82) is 0 Å². The highest BCUT2D eigenvalue weighted by Gasteiger charge is 2.29. The van der Waals surface area contributed by atoms with Crippen molar-refractivity contribution in [3.8, 4) is 11.5 Å². The molecule has 4 aromatic rings. The van der Waals surface area contributed by atoms with Crippen LogP contribution in [0.2, 0.25) is 4.34 Å². The number of thiazole rings is 1. The Morgan fingerprint density at radius 1 is 1.30 bits per heavy atom. The van der Waals surface area contributed by atoms with E-state index < -0.39 is 0 Å². The maximum Gasteiger partial charge on any atom is 0.280 e. The topological polar surface area (TPSA) is 101 Å². The molecule has 1 amide bonds. The molecule has 0 radical (unpaired) electrons. The highest BCUT2D eigenvalue weighted by atomic mass is 35.5. The molecule has 2 atom stereocenters. The van der Waals surface area contributed by atoms with E-state index >= 15 is 0 Å². The molecule has 1 aliphatic carbocycles. The molecule has 10 heteroatoms. The monoisotopic (exact) mass is 483 g/mol. The van der Waals surface area contributed by atoms with Crippen LogP contribution in [0.4, 0.5) is 0 Å². The summed E-state index contributed by atoms with van der Waals surface area (Å²) in [4.78, 5) is 33.8. The van der Waals surface area contributed by atoms with Crippen LogP contribution in [0.5, 0.6) is 0 Å². The van der Waals surface area contributed by atoms with Crippen LogP contribution < -0.4 is 5.32 Å². The Hall–Kier alpha value is -2.78. The number of H-pyrrole nitrogens is 1. The summed E-state index contributed by atoms with van der Waals surface area (Å²) in [6.07, 6.45) is 11.6. The molecule has 8 nitrogen and oxygen atoms in total. The first-order chi connectivity index (χ1) is 16.0. The Balaban J connectivity index is 1.46. The van der Waals surface area contributed by atoms with E-state index in [0.717, 1.165) is 60.5 Å². The second-order valence-corrected chi connectivity index (χ2v) is 10.6. The largest absolute Gasteiger partial charge is 0.347 e. The second-order valence-electron chi connectivity index (χ2n) is 8.95. The lowest BCUT2D eigenvalue weighted by atomic mass is 9.90. The van der Waals surface area contributed by atoms with Gasteiger partial charge in [-0.25, -0.2) is 15.0 Å². The van der Waals surface area contributed by atoms with E-state index in [1.54, 1.807) is 12.4 Å². The fraction of sp³-hybridized carbons (Fsp3) is 0.435. The molecule has 1 aliphatic rings. The van der Waals surface area contributed by atoms with Gasteiger partial charge in [0.2, 0.25) is 0 Å². The Morgan fingerprint density at radius 2 is 2.18 bits per heavy atom. The van der Waals surface area contributed by atoms with Crippen LogP contribution in [0.3, 0.4) is 0 Å². The van der Waals surface area contributed by atoms with Gasteiger partial charge in [0.25, 0.3) is 5.91 Å². The van der Waals surface area contributed by atoms with Gasteiger partial charge in [-0.05, 0) is 37.7 Å². The van der Waals surface area contributed by atoms with Crippen LogP contribution in [0.15, 0.2) is 30.9 Å². The van der Waals surface area contributed by atoms with Gasteiger partial charge in [0.15, 0.2) is 10.8 Å². The van der Waals surface area contributed by atoms with Gasteiger partial charge in [0, 0.05) is 30.9 Å². The molecule has 0 saturated heterocycles. The Morgan fingerprint density at radius 3 is 2.91 bits per heavy atom. The Kier molecular flexibility index (Phi) is 6.16. The maximum absolute atomic E-state index is 12.7. The standard InChI is InChI=1S/C23H26ClN7OS/c1-13(2)8-20-30-17-11-27-16(21-25-6-7-26-21)10-18(17)31(20)15-5-3-4-14(9-15)29-22(32)23-28-12-19(24)33-23/h6-7,10-15H,3-5,8-9H2,1-2H3,(H,25,26)(H,29,32)/t14-,15+/m0/s1. The highest BCUT2D eigenvalue weighted by molar-refractivity contribution is 7.17. The summed E-state index contributed by atoms with van der Waals surface area (Å²) in [6.45, 7) is 4.42. The number of aromatic amines is 1. The molecule has 1 fully saturated rings. The molecule has 5 rings (SSSR count). The third-order valence-electron chi connectivity index (χ3n) is 6.00. The van der Waals surface area contributed by atoms with E-state index in [1.807, 2.05) is 6.20 Å². The molecule has 4 aromatic heterocycles. The predicted molar refractivity (Wildman–Crippen MR) is 130 cm³/mol. The minimum Gasteiger partial charge on any atom is -0.347 e. The average Bonchev–Trinajstić information content (AvgIpc) is 3.52. The van der Waals surface area contributed by atoms with Crippen molar-refractivity contribution in [2.75, 3.05) is 0 Å². The van der Waals surface area contributed by atoms with Crippen molar-refractivity contribution in [1.82, 2.24) is 34.8 Å². The van der Waals surface area contributed by atoms with Crippen molar-refractivity contribution in [3.63, 3.8) is 0 Å². The first kappa shape index (κ1) is 22.0. The molecule has 0 aliphatic heterocycles. The van der Waals surface area contributed by atoms with E-state index in [2.05, 4.69) is 49.7 Å². The highest BCUT2D eigenvalue weighted by Crippen LogP contribution is 2.34. The number of carbonyl (C=O) groups is 1. The van der Waals surface area contributed by atoms with Gasteiger partial charge in [-0.1, -0.05) is 36.8 Å². The van der Waals surface area contributed by atoms with Gasteiger partial charge in [0.05, 0.1) is 17.9 Å². The van der Waals surface area contributed by atoms with Crippen molar-refractivity contribution >= 4 is 39.9 Å². The van der Waals surface area contributed by atoms with Gasteiger partial charge in [0.1, 0.15) is 21.4 Å². The van der Waals surface area contributed by atoms with Gasteiger partial charge in [-0.2, -0.15) is 0 Å². The molecule has 172 valence electrons. The molecule has 1 saturated carbocycles. The summed E-state index contributed by atoms with van der Waals surface area (Å²) >= 11 is 7.16. The van der Waals surface area contributed by atoms with Crippen molar-refractivity contribution in [2.24, 2.45) is 5.92 Å². The second kappa shape index (κ2) is 9.23. The van der Waals surface area contributed by atoms with E-state index in [1.165, 1.54) is 17.5 Å². The van der Waals surface area contributed by atoms with E-state index in [4.69, 9.17) is 16.6 Å². The van der Waals surface area contributed by atoms with Crippen LogP contribution >= 0.6 is 22.9 Å². The fourth-order valence-corrected chi connectivity index (χ4v) is 5.45. The number of carbonyl (C=O) groups excluding carboxylic acids is 1. The normalized spacial score (nSPS) is 18.8. The molecule has 0 aromatic carbocycles. The summed E-state index contributed by atoms with van der Waals surface area (Å²) < 4.78 is 2.90. The van der Waals surface area contributed by atoms with Gasteiger partial charge in [-0.3, -0.25) is 9.78 Å². The summed E-state index contributed by atoms with van der Waals surface area (Å²) in [7, 11) is 0. The lowest BCUT2D eigenvalue weighted by molar-refractivity contribution is 0.0920. The molecule has 2 N–H and O–H groups in total. The molecule has 0 bridgehead atoms. The maximum atomic E-state index is 12.7. The van der Waals surface area contributed by atoms with Crippen LogP contribution in [0, 0.1) is 5.92 Å². The minimum absolute atomic E-state index is 0.0784. The van der Waals surface area contributed by atoms with E-state index in [-0.39, 0.29) is 18.0 Å². The predicted octanol–water partition coefficient (Wildman–Crippen LogP) is 5.04. The first-order valence-corrected chi connectivity index (χ1v) is 12.5. The number of pyridine rings is 1. The van der Waals surface area contributed by atoms with Gasteiger partial charge < -0.3 is 14.9 Å². The van der Waals surface area contributed by atoms with E-state index in [9.17, 15) is 4.79 Å². The summed E-state index contributed by atoms with van der Waals surface area (Å²) in [5, 5.41) is 3.58. The van der Waals surface area contributed by atoms with Crippen LogP contribution in [0.25, 0.3) is 22.6 Å². The number of amides is 1. The van der Waals surface area contributed by atoms with Crippen LogP contribution in [-0.4, -0.2) is 41.4 Å². The number of aromatic nitrogens is 6. The number of nitrogens with zero attached hydrogens (tertiary/aromatic N) is 5. The Labute approximate surface area is 200 Å². The average molecular weight is 484 g/mol. The van der Waals surface area contributed by atoms with Crippen molar-refractivity contribution in [3.05, 3.63) is 46.0 Å². The number of hydrogen-bond donors (Lipinski definition) is 2. The summed E-state index contributed by atoms with van der Waals surface area (Å²) in [6, 6.07) is 2.40. The number of nitrogens with one attached hydrogen (secondary N) is 2. The number of halogens is 1. The molecule has 33 heavy (non-hydrogen) atoms. The number of fused-ring (bicyclic) bond motifs is 1. The molecule has 0 unspecified atom stereocenters. The molecule has 4 heterocycles. The number of imidazole rings is 2. The zero-order valence-corrected chi connectivity index (χ0v) is 20.2. The third-order valence-corrected chi connectivity index (χ3v) is 7.11. The molecule has 0 spiro atoms. The zero-order chi connectivity index (χ0) is 22.9. The van der Waals surface area contributed by atoms with Crippen molar-refractivity contribution in [2.45, 2.75) is 58.0 Å². The first-order valence-electron chi connectivity index (χ1n) is 11.3. The zero-order valence-electron chi connectivity index (χ0n) is 18.6. The fourth-order valence-electron chi connectivity index (χ4n) is 4.64. The Bertz CT molecular complexity index is 1260. The quantitative estimate of drug-likeness (QED) is 0.400. The third kappa shape index (κ3) is 4.65. The van der Waals surface area contributed by atoms with Crippen LogP contribution in [0.1, 0.15) is 61.2 Å². The number of hydrogen-bond acceptors (Lipinski definition) is 6. The summed E-state index contributed by atoms with van der Waals surface area (Å²) in [5.41, 5.74) is 2.76.